The molecule has 1 rings (SSSR count). The van der Waals surface area contributed by atoms with Gasteiger partial charge in [0.25, 0.3) is 0 Å². The van der Waals surface area contributed by atoms with Crippen LogP contribution in [0.1, 0.15) is 13.8 Å². The molecule has 12 heavy (non-hydrogen) atoms. The van der Waals surface area contributed by atoms with E-state index in [1.807, 2.05) is 30.3 Å². The average molecular weight is 167 g/mol. The summed E-state index contributed by atoms with van der Waals surface area (Å²) >= 11 is 0. The topological polar surface area (TPSA) is 78.1 Å². The van der Waals surface area contributed by atoms with Crippen LogP contribution in [-0.4, -0.2) is 5.66 Å². The van der Waals surface area contributed by atoms with Crippen molar-refractivity contribution < 1.29 is 0 Å². The second-order valence-electron chi connectivity index (χ2n) is 3.23. The zero-order valence-corrected chi connectivity index (χ0v) is 7.62. The summed E-state index contributed by atoms with van der Waals surface area (Å²) in [5.41, 5.74) is 15.9. The van der Waals surface area contributed by atoms with E-state index in [0.29, 0.717) is 0 Å². The van der Waals surface area contributed by atoms with Gasteiger partial charge in [0.15, 0.2) is 0 Å². The van der Waals surface area contributed by atoms with E-state index in [2.05, 4.69) is 0 Å². The first-order valence-electron chi connectivity index (χ1n) is 3.78. The summed E-state index contributed by atoms with van der Waals surface area (Å²) in [5.74, 6) is 0. The van der Waals surface area contributed by atoms with Crippen molar-refractivity contribution in [1.82, 2.24) is 0 Å². The van der Waals surface area contributed by atoms with Gasteiger partial charge in [-0.3, -0.25) is 0 Å². The van der Waals surface area contributed by atoms with Gasteiger partial charge in [0.2, 0.25) is 0 Å². The fraction of sp³-hybridized carbons (Fsp3) is 0.333. The SMILES string of the molecule is CC(C)(N)N.Nc1ccccc1. The van der Waals surface area contributed by atoms with E-state index < -0.39 is 5.66 Å². The molecule has 0 spiro atoms. The Balaban J connectivity index is 0.000000217. The van der Waals surface area contributed by atoms with Crippen LogP contribution in [0, 0.1) is 0 Å². The standard InChI is InChI=1S/C6H7N.C3H10N2/c7-6-4-2-1-3-5-6;1-3(2,4)5/h1-5H,7H2;4-5H2,1-2H3. The van der Waals surface area contributed by atoms with Gasteiger partial charge in [-0.05, 0) is 26.0 Å². The molecule has 0 unspecified atom stereocenters. The first kappa shape index (κ1) is 10.9. The second-order valence-corrected chi connectivity index (χ2v) is 3.23. The maximum absolute atomic E-state index is 5.36. The van der Waals surface area contributed by atoms with Gasteiger partial charge in [-0.1, -0.05) is 18.2 Å². The van der Waals surface area contributed by atoms with Gasteiger partial charge in [0, 0.05) is 5.69 Å². The van der Waals surface area contributed by atoms with Gasteiger partial charge in [-0.25, -0.2) is 0 Å². The first-order valence-corrected chi connectivity index (χ1v) is 3.78. The van der Waals surface area contributed by atoms with Crippen molar-refractivity contribution in [1.29, 1.82) is 0 Å². The molecule has 0 saturated heterocycles. The van der Waals surface area contributed by atoms with Gasteiger partial charge in [-0.15, -0.1) is 0 Å². The summed E-state index contributed by atoms with van der Waals surface area (Å²) in [4.78, 5) is 0. The summed E-state index contributed by atoms with van der Waals surface area (Å²) in [5, 5.41) is 0. The van der Waals surface area contributed by atoms with E-state index in [1.54, 1.807) is 13.8 Å². The Bertz CT molecular complexity index is 195. The predicted molar refractivity (Wildman–Crippen MR) is 53.3 cm³/mol. The molecule has 0 radical (unpaired) electrons. The number of hydrogen-bond donors (Lipinski definition) is 3. The zero-order valence-electron chi connectivity index (χ0n) is 7.62. The Kier molecular flexibility index (Phi) is 4.33. The third kappa shape index (κ3) is 11.7. The molecule has 0 heterocycles. The maximum Gasteiger partial charge on any atom is 0.0578 e. The van der Waals surface area contributed by atoms with Crippen LogP contribution in [0.3, 0.4) is 0 Å². The molecule has 0 fully saturated rings. The first-order chi connectivity index (χ1) is 5.39. The Morgan fingerprint density at radius 2 is 1.33 bits per heavy atom. The lowest BCUT2D eigenvalue weighted by atomic mass is 10.3. The van der Waals surface area contributed by atoms with Crippen LogP contribution in [0.2, 0.25) is 0 Å². The number of nitrogens with two attached hydrogens (primary N) is 3. The minimum absolute atomic E-state index is 0.500. The van der Waals surface area contributed by atoms with Crippen molar-refractivity contribution in [3.63, 3.8) is 0 Å². The molecule has 0 aliphatic carbocycles. The number of benzene rings is 1. The lowest BCUT2D eigenvalue weighted by Crippen LogP contribution is -2.42. The lowest BCUT2D eigenvalue weighted by molar-refractivity contribution is 0.547. The Morgan fingerprint density at radius 1 is 1.00 bits per heavy atom. The van der Waals surface area contributed by atoms with E-state index in [9.17, 15) is 0 Å². The highest BCUT2D eigenvalue weighted by atomic mass is 14.9. The number of nitrogen functional groups attached to an aromatic ring is 1. The molecule has 68 valence electrons. The molecule has 3 nitrogen and oxygen atoms in total. The van der Waals surface area contributed by atoms with Crippen molar-refractivity contribution in [3.05, 3.63) is 30.3 Å². The van der Waals surface area contributed by atoms with E-state index in [-0.39, 0.29) is 0 Å². The Hall–Kier alpha value is -1.06. The van der Waals surface area contributed by atoms with Crippen molar-refractivity contribution in [2.75, 3.05) is 5.73 Å². The monoisotopic (exact) mass is 167 g/mol. The summed E-state index contributed by atoms with van der Waals surface area (Å²) in [6.07, 6.45) is 0. The molecule has 1 aromatic carbocycles. The summed E-state index contributed by atoms with van der Waals surface area (Å²) in [6, 6.07) is 9.49. The molecule has 0 amide bonds. The molecule has 0 aliphatic rings. The average Bonchev–Trinajstić information content (AvgIpc) is 1.85. The van der Waals surface area contributed by atoms with Crippen molar-refractivity contribution in [3.8, 4) is 0 Å². The molecule has 0 saturated carbocycles. The summed E-state index contributed by atoms with van der Waals surface area (Å²) in [7, 11) is 0. The van der Waals surface area contributed by atoms with Gasteiger partial charge >= 0.3 is 0 Å². The van der Waals surface area contributed by atoms with Crippen LogP contribution < -0.4 is 17.2 Å². The molecule has 0 bridgehead atoms. The molecular weight excluding hydrogens is 150 g/mol. The third-order valence-corrected chi connectivity index (χ3v) is 0.800. The van der Waals surface area contributed by atoms with Crippen molar-refractivity contribution >= 4 is 5.69 Å². The highest BCUT2D eigenvalue weighted by Gasteiger charge is 1.95. The number of rotatable bonds is 0. The van der Waals surface area contributed by atoms with E-state index in [1.165, 1.54) is 0 Å². The predicted octanol–water partition coefficient (Wildman–Crippen LogP) is 0.909. The Morgan fingerprint density at radius 3 is 1.50 bits per heavy atom. The smallest absolute Gasteiger partial charge is 0.0578 e. The van der Waals surface area contributed by atoms with Crippen LogP contribution in [-0.2, 0) is 0 Å². The summed E-state index contributed by atoms with van der Waals surface area (Å²) in [6.45, 7) is 3.49. The fourth-order valence-electron chi connectivity index (χ4n) is 0.453. The highest BCUT2D eigenvalue weighted by molar-refractivity contribution is 5.35. The molecule has 1 aromatic rings. The molecule has 6 N–H and O–H groups in total. The van der Waals surface area contributed by atoms with Crippen molar-refractivity contribution in [2.24, 2.45) is 11.5 Å². The number of para-hydroxylation sites is 1. The Labute approximate surface area is 73.6 Å². The van der Waals surface area contributed by atoms with Crippen LogP contribution in [0.25, 0.3) is 0 Å². The molecule has 0 atom stereocenters. The van der Waals surface area contributed by atoms with Crippen LogP contribution in [0.4, 0.5) is 5.69 Å². The van der Waals surface area contributed by atoms with Gasteiger partial charge in [0.05, 0.1) is 5.66 Å². The van der Waals surface area contributed by atoms with E-state index in [4.69, 9.17) is 17.2 Å². The normalized spacial score (nSPS) is 10.0. The van der Waals surface area contributed by atoms with Crippen LogP contribution in [0.15, 0.2) is 30.3 Å². The molecule has 0 aliphatic heterocycles. The minimum Gasteiger partial charge on any atom is -0.399 e. The zero-order chi connectivity index (χ0) is 9.61. The third-order valence-electron chi connectivity index (χ3n) is 0.800. The molecule has 0 aromatic heterocycles. The minimum atomic E-state index is -0.500. The lowest BCUT2D eigenvalue weighted by Gasteiger charge is -2.07. The van der Waals surface area contributed by atoms with E-state index in [0.717, 1.165) is 5.69 Å². The quantitative estimate of drug-likeness (QED) is 0.397. The van der Waals surface area contributed by atoms with Crippen molar-refractivity contribution in [2.45, 2.75) is 19.5 Å². The second kappa shape index (κ2) is 4.74. The number of hydrogen-bond acceptors (Lipinski definition) is 3. The maximum atomic E-state index is 5.36. The molecule has 3 heteroatoms. The highest BCUT2D eigenvalue weighted by Crippen LogP contribution is 1.95. The summed E-state index contributed by atoms with van der Waals surface area (Å²) < 4.78 is 0. The van der Waals surface area contributed by atoms with Crippen LogP contribution in [0.5, 0.6) is 0 Å². The fourth-order valence-corrected chi connectivity index (χ4v) is 0.453. The van der Waals surface area contributed by atoms with Gasteiger partial charge < -0.3 is 17.2 Å². The molecular formula is C9H17N3. The number of anilines is 1. The van der Waals surface area contributed by atoms with E-state index >= 15 is 0 Å². The van der Waals surface area contributed by atoms with Gasteiger partial charge in [-0.2, -0.15) is 0 Å². The van der Waals surface area contributed by atoms with Gasteiger partial charge in [0.1, 0.15) is 0 Å². The largest absolute Gasteiger partial charge is 0.399 e. The van der Waals surface area contributed by atoms with Crippen LogP contribution >= 0.6 is 0 Å².